The fourth-order valence-corrected chi connectivity index (χ4v) is 1.60. The fourth-order valence-electron chi connectivity index (χ4n) is 1.60. The van der Waals surface area contributed by atoms with Crippen LogP contribution in [0, 0.1) is 0 Å². The van der Waals surface area contributed by atoms with Gasteiger partial charge in [-0.05, 0) is 29.9 Å². The van der Waals surface area contributed by atoms with Gasteiger partial charge in [0.2, 0.25) is 0 Å². The molecule has 0 heterocycles. The predicted octanol–water partition coefficient (Wildman–Crippen LogP) is 3.69. The maximum absolute atomic E-state index is 11.6. The highest BCUT2D eigenvalue weighted by molar-refractivity contribution is 6.04. The maximum Gasteiger partial charge on any atom is 0.178 e. The molecular weight excluding hydrogens is 236 g/mol. The summed E-state index contributed by atoms with van der Waals surface area (Å²) in [6, 6.07) is 16.5. The zero-order valence-electron chi connectivity index (χ0n) is 10.4. The predicted molar refractivity (Wildman–Crippen MR) is 77.6 cm³/mol. The molecule has 0 radical (unpaired) electrons. The molecule has 0 atom stereocenters. The number of allylic oxidation sites excluding steroid dienone is 2. The minimum absolute atomic E-state index is 0.118. The van der Waals surface area contributed by atoms with Crippen LogP contribution < -0.4 is 0 Å². The molecule has 0 aromatic heterocycles. The number of rotatable bonds is 4. The molecule has 2 heteroatoms. The van der Waals surface area contributed by atoms with Crippen LogP contribution in [-0.4, -0.2) is 10.9 Å². The van der Waals surface area contributed by atoms with Gasteiger partial charge in [0.05, 0.1) is 0 Å². The van der Waals surface area contributed by atoms with Crippen molar-refractivity contribution in [3.63, 3.8) is 0 Å². The number of aromatic hydroxyl groups is 1. The highest BCUT2D eigenvalue weighted by Gasteiger charge is 1.95. The van der Waals surface area contributed by atoms with Gasteiger partial charge in [-0.25, -0.2) is 0 Å². The number of carbonyl (C=O) groups is 1. The van der Waals surface area contributed by atoms with Gasteiger partial charge >= 0.3 is 0 Å². The van der Waals surface area contributed by atoms with Crippen molar-refractivity contribution in [2.75, 3.05) is 0 Å². The molecular formula is C17H14O2. The monoisotopic (exact) mass is 250 g/mol. The van der Waals surface area contributed by atoms with E-state index in [0.717, 1.165) is 5.56 Å². The van der Waals surface area contributed by atoms with Crippen LogP contribution >= 0.6 is 0 Å². The molecule has 2 rings (SSSR count). The highest BCUT2D eigenvalue weighted by atomic mass is 16.3. The van der Waals surface area contributed by atoms with Crippen LogP contribution in [0.15, 0.2) is 66.7 Å². The lowest BCUT2D eigenvalue weighted by Crippen LogP contribution is -1.85. The van der Waals surface area contributed by atoms with Crippen LogP contribution in [-0.2, 0) is 4.79 Å². The van der Waals surface area contributed by atoms with Crippen LogP contribution in [0.5, 0.6) is 5.75 Å². The molecule has 0 spiro atoms. The molecule has 2 nitrogen and oxygen atoms in total. The van der Waals surface area contributed by atoms with Crippen molar-refractivity contribution >= 4 is 17.9 Å². The molecule has 0 saturated heterocycles. The SMILES string of the molecule is O=C(/C=C\c1ccccc1)/C=C/c1ccccc1O. The number of hydrogen-bond acceptors (Lipinski definition) is 2. The lowest BCUT2D eigenvalue weighted by molar-refractivity contribution is -0.110. The Labute approximate surface area is 112 Å². The first-order chi connectivity index (χ1) is 9.25. The molecule has 1 N–H and O–H groups in total. The Bertz CT molecular complexity index is 610. The average molecular weight is 250 g/mol. The summed E-state index contributed by atoms with van der Waals surface area (Å²) in [5.74, 6) is 0.0469. The first-order valence-corrected chi connectivity index (χ1v) is 5.99. The smallest absolute Gasteiger partial charge is 0.178 e. The average Bonchev–Trinajstić information content (AvgIpc) is 2.45. The summed E-state index contributed by atoms with van der Waals surface area (Å²) in [6.45, 7) is 0. The topological polar surface area (TPSA) is 37.3 Å². The van der Waals surface area contributed by atoms with Gasteiger partial charge in [-0.1, -0.05) is 54.6 Å². The summed E-state index contributed by atoms with van der Waals surface area (Å²) in [5, 5.41) is 9.55. The second kappa shape index (κ2) is 6.36. The number of hydrogen-bond donors (Lipinski definition) is 1. The quantitative estimate of drug-likeness (QED) is 0.840. The Morgan fingerprint density at radius 2 is 1.47 bits per heavy atom. The van der Waals surface area contributed by atoms with E-state index >= 15 is 0 Å². The molecule has 0 bridgehead atoms. The Morgan fingerprint density at radius 3 is 2.21 bits per heavy atom. The van der Waals surface area contributed by atoms with E-state index in [1.54, 1.807) is 30.4 Å². The highest BCUT2D eigenvalue weighted by Crippen LogP contribution is 2.16. The van der Waals surface area contributed by atoms with Gasteiger partial charge in [0.15, 0.2) is 5.78 Å². The molecule has 0 fully saturated rings. The van der Waals surface area contributed by atoms with E-state index in [4.69, 9.17) is 0 Å². The van der Waals surface area contributed by atoms with Crippen molar-refractivity contribution in [3.8, 4) is 5.75 Å². The van der Waals surface area contributed by atoms with Gasteiger partial charge in [0.1, 0.15) is 5.75 Å². The number of benzene rings is 2. The third kappa shape index (κ3) is 3.96. The normalized spacial score (nSPS) is 11.2. The van der Waals surface area contributed by atoms with E-state index in [-0.39, 0.29) is 11.5 Å². The molecule has 0 saturated carbocycles. The lowest BCUT2D eigenvalue weighted by atomic mass is 10.1. The summed E-state index contributed by atoms with van der Waals surface area (Å²) in [5.41, 5.74) is 1.61. The minimum atomic E-state index is -0.118. The van der Waals surface area contributed by atoms with E-state index in [1.807, 2.05) is 36.4 Å². The minimum Gasteiger partial charge on any atom is -0.507 e. The second-order valence-electron chi connectivity index (χ2n) is 4.04. The standard InChI is InChI=1S/C17H14O2/c18-16(12-10-14-6-2-1-3-7-14)13-11-15-8-4-5-9-17(15)19/h1-13,19H/b12-10-,13-11+. The lowest BCUT2D eigenvalue weighted by Gasteiger charge is -1.96. The van der Waals surface area contributed by atoms with E-state index in [2.05, 4.69) is 0 Å². The van der Waals surface area contributed by atoms with Crippen molar-refractivity contribution in [1.29, 1.82) is 0 Å². The molecule has 0 aliphatic heterocycles. The summed E-state index contributed by atoms with van der Waals surface area (Å²) in [6.07, 6.45) is 6.31. The largest absolute Gasteiger partial charge is 0.507 e. The van der Waals surface area contributed by atoms with Crippen molar-refractivity contribution in [1.82, 2.24) is 0 Å². The van der Waals surface area contributed by atoms with E-state index in [0.29, 0.717) is 5.56 Å². The summed E-state index contributed by atoms with van der Waals surface area (Å²) in [7, 11) is 0. The molecule has 19 heavy (non-hydrogen) atoms. The zero-order chi connectivity index (χ0) is 13.5. The number of phenols is 1. The Balaban J connectivity index is 2.02. The third-order valence-corrected chi connectivity index (χ3v) is 2.60. The fraction of sp³-hybridized carbons (Fsp3) is 0. The number of ketones is 1. The molecule has 2 aromatic rings. The number of para-hydroxylation sites is 1. The van der Waals surface area contributed by atoms with Gasteiger partial charge < -0.3 is 5.11 Å². The first-order valence-electron chi connectivity index (χ1n) is 5.99. The van der Waals surface area contributed by atoms with Crippen molar-refractivity contribution in [2.45, 2.75) is 0 Å². The van der Waals surface area contributed by atoms with E-state index < -0.39 is 0 Å². The van der Waals surface area contributed by atoms with Crippen LogP contribution in [0.1, 0.15) is 11.1 Å². The third-order valence-electron chi connectivity index (χ3n) is 2.60. The van der Waals surface area contributed by atoms with Gasteiger partial charge in [0, 0.05) is 5.56 Å². The summed E-state index contributed by atoms with van der Waals surface area (Å²) >= 11 is 0. The summed E-state index contributed by atoms with van der Waals surface area (Å²) in [4.78, 5) is 11.6. The van der Waals surface area contributed by atoms with E-state index in [1.165, 1.54) is 12.2 Å². The van der Waals surface area contributed by atoms with E-state index in [9.17, 15) is 9.90 Å². The van der Waals surface area contributed by atoms with Crippen molar-refractivity contribution < 1.29 is 9.90 Å². The first kappa shape index (κ1) is 12.8. The Kier molecular flexibility index (Phi) is 4.29. The molecule has 94 valence electrons. The molecule has 0 unspecified atom stereocenters. The van der Waals surface area contributed by atoms with Crippen LogP contribution in [0.4, 0.5) is 0 Å². The Hall–Kier alpha value is -2.61. The van der Waals surface area contributed by atoms with Crippen molar-refractivity contribution in [3.05, 3.63) is 77.9 Å². The van der Waals surface area contributed by atoms with Crippen LogP contribution in [0.25, 0.3) is 12.2 Å². The number of carbonyl (C=O) groups excluding carboxylic acids is 1. The number of phenolic OH excluding ortho intramolecular Hbond substituents is 1. The summed E-state index contributed by atoms with van der Waals surface area (Å²) < 4.78 is 0. The molecule has 2 aromatic carbocycles. The van der Waals surface area contributed by atoms with Gasteiger partial charge in [-0.2, -0.15) is 0 Å². The molecule has 0 amide bonds. The molecule has 0 aliphatic rings. The van der Waals surface area contributed by atoms with Crippen LogP contribution in [0.3, 0.4) is 0 Å². The van der Waals surface area contributed by atoms with Gasteiger partial charge in [-0.3, -0.25) is 4.79 Å². The van der Waals surface area contributed by atoms with Gasteiger partial charge in [-0.15, -0.1) is 0 Å². The van der Waals surface area contributed by atoms with Crippen molar-refractivity contribution in [2.24, 2.45) is 0 Å². The molecule has 0 aliphatic carbocycles. The second-order valence-corrected chi connectivity index (χ2v) is 4.04. The van der Waals surface area contributed by atoms with Crippen LogP contribution in [0.2, 0.25) is 0 Å². The zero-order valence-corrected chi connectivity index (χ0v) is 10.4. The maximum atomic E-state index is 11.6. The van der Waals surface area contributed by atoms with Gasteiger partial charge in [0.25, 0.3) is 0 Å². The Morgan fingerprint density at radius 1 is 0.842 bits per heavy atom.